The molecule has 4 heteroatoms. The number of piperidine rings is 1. The summed E-state index contributed by atoms with van der Waals surface area (Å²) in [4.78, 5) is 0. The lowest BCUT2D eigenvalue weighted by molar-refractivity contribution is 0.124. The quantitative estimate of drug-likeness (QED) is 0.673. The van der Waals surface area contributed by atoms with Crippen LogP contribution >= 0.6 is 0 Å². The molecule has 1 aliphatic rings. The molecule has 1 saturated heterocycles. The van der Waals surface area contributed by atoms with Gasteiger partial charge in [0.15, 0.2) is 0 Å². The van der Waals surface area contributed by atoms with E-state index in [1.807, 2.05) is 6.92 Å². The highest BCUT2D eigenvalue weighted by atomic mass is 19.3. The van der Waals surface area contributed by atoms with Gasteiger partial charge < -0.3 is 10.6 Å². The zero-order valence-electron chi connectivity index (χ0n) is 7.37. The summed E-state index contributed by atoms with van der Waals surface area (Å²) in [5, 5.41) is 6.11. The van der Waals surface area contributed by atoms with E-state index in [1.54, 1.807) is 0 Å². The van der Waals surface area contributed by atoms with Gasteiger partial charge in [-0.2, -0.15) is 0 Å². The SMILES string of the molecule is CC1(NCC(F)F)CCNCC1. The lowest BCUT2D eigenvalue weighted by Gasteiger charge is -2.35. The molecule has 1 heterocycles. The first-order chi connectivity index (χ1) is 5.62. The third kappa shape index (κ3) is 3.03. The van der Waals surface area contributed by atoms with Gasteiger partial charge in [-0.05, 0) is 32.9 Å². The molecular formula is C8H16F2N2. The van der Waals surface area contributed by atoms with Gasteiger partial charge in [0.05, 0.1) is 6.54 Å². The molecule has 0 amide bonds. The van der Waals surface area contributed by atoms with Crippen LogP contribution in [0.2, 0.25) is 0 Å². The summed E-state index contributed by atoms with van der Waals surface area (Å²) in [5.74, 6) is 0. The van der Waals surface area contributed by atoms with Crippen LogP contribution in [0.4, 0.5) is 8.78 Å². The van der Waals surface area contributed by atoms with Gasteiger partial charge in [-0.1, -0.05) is 0 Å². The maximum Gasteiger partial charge on any atom is 0.250 e. The van der Waals surface area contributed by atoms with Crippen molar-refractivity contribution in [2.24, 2.45) is 0 Å². The molecule has 1 rings (SSSR count). The molecule has 72 valence electrons. The van der Waals surface area contributed by atoms with Crippen LogP contribution in [0.1, 0.15) is 19.8 Å². The summed E-state index contributed by atoms with van der Waals surface area (Å²) >= 11 is 0. The molecule has 1 fully saturated rings. The van der Waals surface area contributed by atoms with E-state index in [4.69, 9.17) is 0 Å². The Kier molecular flexibility index (Phi) is 3.40. The van der Waals surface area contributed by atoms with Crippen LogP contribution in [-0.2, 0) is 0 Å². The lowest BCUT2D eigenvalue weighted by Crippen LogP contribution is -2.51. The van der Waals surface area contributed by atoms with Crippen molar-refractivity contribution in [2.45, 2.75) is 31.7 Å². The predicted molar refractivity (Wildman–Crippen MR) is 44.5 cm³/mol. The van der Waals surface area contributed by atoms with E-state index in [1.165, 1.54) is 0 Å². The average Bonchev–Trinajstić information content (AvgIpc) is 2.03. The number of alkyl halides is 2. The van der Waals surface area contributed by atoms with Crippen molar-refractivity contribution in [1.29, 1.82) is 0 Å². The summed E-state index contributed by atoms with van der Waals surface area (Å²) in [5.41, 5.74) is -0.0817. The molecule has 0 atom stereocenters. The normalized spacial score (nSPS) is 23.0. The van der Waals surface area contributed by atoms with Crippen LogP contribution in [0.15, 0.2) is 0 Å². The van der Waals surface area contributed by atoms with E-state index >= 15 is 0 Å². The number of nitrogens with one attached hydrogen (secondary N) is 2. The smallest absolute Gasteiger partial charge is 0.250 e. The highest BCUT2D eigenvalue weighted by molar-refractivity contribution is 4.87. The Balaban J connectivity index is 2.26. The zero-order valence-corrected chi connectivity index (χ0v) is 7.37. The van der Waals surface area contributed by atoms with E-state index in [0.29, 0.717) is 0 Å². The molecule has 0 unspecified atom stereocenters. The van der Waals surface area contributed by atoms with E-state index < -0.39 is 6.43 Å². The molecular weight excluding hydrogens is 162 g/mol. The zero-order chi connectivity index (χ0) is 9.03. The van der Waals surface area contributed by atoms with E-state index in [-0.39, 0.29) is 12.1 Å². The fourth-order valence-corrected chi connectivity index (χ4v) is 1.48. The molecule has 0 aromatic carbocycles. The fourth-order valence-electron chi connectivity index (χ4n) is 1.48. The Morgan fingerprint density at radius 2 is 2.00 bits per heavy atom. The van der Waals surface area contributed by atoms with Gasteiger partial charge in [0, 0.05) is 5.54 Å². The summed E-state index contributed by atoms with van der Waals surface area (Å²) in [6.45, 7) is 3.67. The molecule has 0 aromatic heterocycles. The van der Waals surface area contributed by atoms with Crippen molar-refractivity contribution >= 4 is 0 Å². The minimum Gasteiger partial charge on any atom is -0.317 e. The summed E-state index contributed by atoms with van der Waals surface area (Å²) in [6.07, 6.45) is -0.379. The standard InChI is InChI=1S/C8H16F2N2/c1-8(12-6-7(9)10)2-4-11-5-3-8/h7,11-12H,2-6H2,1H3. The average molecular weight is 178 g/mol. The van der Waals surface area contributed by atoms with Crippen LogP contribution in [-0.4, -0.2) is 31.6 Å². The van der Waals surface area contributed by atoms with Crippen LogP contribution in [0.25, 0.3) is 0 Å². The Morgan fingerprint density at radius 3 is 2.50 bits per heavy atom. The van der Waals surface area contributed by atoms with E-state index in [0.717, 1.165) is 25.9 Å². The van der Waals surface area contributed by atoms with Crippen molar-refractivity contribution in [3.05, 3.63) is 0 Å². The van der Waals surface area contributed by atoms with Crippen LogP contribution in [0.5, 0.6) is 0 Å². The van der Waals surface area contributed by atoms with Crippen LogP contribution in [0.3, 0.4) is 0 Å². The van der Waals surface area contributed by atoms with Crippen molar-refractivity contribution in [2.75, 3.05) is 19.6 Å². The second-order valence-corrected chi connectivity index (χ2v) is 3.58. The molecule has 0 spiro atoms. The molecule has 12 heavy (non-hydrogen) atoms. The van der Waals surface area contributed by atoms with E-state index in [9.17, 15) is 8.78 Å². The van der Waals surface area contributed by atoms with Crippen molar-refractivity contribution in [3.8, 4) is 0 Å². The largest absolute Gasteiger partial charge is 0.317 e. The second-order valence-electron chi connectivity index (χ2n) is 3.58. The van der Waals surface area contributed by atoms with Gasteiger partial charge in [-0.3, -0.25) is 0 Å². The second kappa shape index (κ2) is 4.14. The predicted octanol–water partition coefficient (Wildman–Crippen LogP) is 0.983. The summed E-state index contributed by atoms with van der Waals surface area (Å²) < 4.78 is 23.8. The minimum absolute atomic E-state index is 0.0817. The van der Waals surface area contributed by atoms with E-state index in [2.05, 4.69) is 10.6 Å². The van der Waals surface area contributed by atoms with Gasteiger partial charge in [-0.15, -0.1) is 0 Å². The first kappa shape index (κ1) is 9.86. The van der Waals surface area contributed by atoms with Crippen LogP contribution in [0, 0.1) is 0 Å². The molecule has 0 saturated carbocycles. The highest BCUT2D eigenvalue weighted by Gasteiger charge is 2.26. The van der Waals surface area contributed by atoms with Crippen molar-refractivity contribution in [3.63, 3.8) is 0 Å². The Bertz CT molecular complexity index is 133. The Hall–Kier alpha value is -0.220. The van der Waals surface area contributed by atoms with Gasteiger partial charge >= 0.3 is 0 Å². The molecule has 0 bridgehead atoms. The third-order valence-electron chi connectivity index (χ3n) is 2.39. The molecule has 1 aliphatic heterocycles. The third-order valence-corrected chi connectivity index (χ3v) is 2.39. The molecule has 0 radical (unpaired) electrons. The number of hydrogen-bond acceptors (Lipinski definition) is 2. The van der Waals surface area contributed by atoms with Gasteiger partial charge in [0.1, 0.15) is 0 Å². The highest BCUT2D eigenvalue weighted by Crippen LogP contribution is 2.16. The number of hydrogen-bond donors (Lipinski definition) is 2. The molecule has 2 nitrogen and oxygen atoms in total. The van der Waals surface area contributed by atoms with Crippen molar-refractivity contribution < 1.29 is 8.78 Å². The fraction of sp³-hybridized carbons (Fsp3) is 1.00. The number of rotatable bonds is 3. The van der Waals surface area contributed by atoms with Gasteiger partial charge in [-0.25, -0.2) is 8.78 Å². The molecule has 0 aliphatic carbocycles. The first-order valence-electron chi connectivity index (χ1n) is 4.36. The number of halogens is 2. The Labute approximate surface area is 71.7 Å². The maximum atomic E-state index is 11.9. The maximum absolute atomic E-state index is 11.9. The summed E-state index contributed by atoms with van der Waals surface area (Å²) in [6, 6.07) is 0. The molecule has 2 N–H and O–H groups in total. The minimum atomic E-state index is -2.24. The summed E-state index contributed by atoms with van der Waals surface area (Å²) in [7, 11) is 0. The van der Waals surface area contributed by atoms with Crippen LogP contribution < -0.4 is 10.6 Å². The lowest BCUT2D eigenvalue weighted by atomic mass is 9.91. The van der Waals surface area contributed by atoms with Gasteiger partial charge in [0.25, 0.3) is 6.43 Å². The van der Waals surface area contributed by atoms with Gasteiger partial charge in [0.2, 0.25) is 0 Å². The van der Waals surface area contributed by atoms with Crippen molar-refractivity contribution in [1.82, 2.24) is 10.6 Å². The first-order valence-corrected chi connectivity index (χ1v) is 4.36. The Morgan fingerprint density at radius 1 is 1.42 bits per heavy atom. The molecule has 0 aromatic rings. The monoisotopic (exact) mass is 178 g/mol. The topological polar surface area (TPSA) is 24.1 Å².